The molecule has 0 aromatic carbocycles. The van der Waals surface area contributed by atoms with Gasteiger partial charge in [-0.3, -0.25) is 9.59 Å². The zero-order chi connectivity index (χ0) is 7.40. The van der Waals surface area contributed by atoms with E-state index < -0.39 is 0 Å². The number of rotatable bonds is 2. The van der Waals surface area contributed by atoms with Gasteiger partial charge in [0, 0.05) is 23.3 Å². The van der Waals surface area contributed by atoms with Crippen molar-refractivity contribution in [3.8, 4) is 0 Å². The van der Waals surface area contributed by atoms with Crippen molar-refractivity contribution in [2.45, 2.75) is 0 Å². The van der Waals surface area contributed by atoms with Gasteiger partial charge < -0.3 is 10.3 Å². The van der Waals surface area contributed by atoms with Crippen LogP contribution in [0.4, 0.5) is 5.69 Å². The quantitative estimate of drug-likeness (QED) is 0.511. The third kappa shape index (κ3) is 2.57. The Morgan fingerprint density at radius 3 is 2.82 bits per heavy atom. The van der Waals surface area contributed by atoms with E-state index in [0.717, 1.165) is 0 Å². The minimum absolute atomic E-state index is 0. The topological polar surface area (TPSA) is 62.0 Å². The smallest absolute Gasteiger partial charge is 0.271 e. The van der Waals surface area contributed by atoms with Crippen LogP contribution in [-0.4, -0.2) is 11.4 Å². The first-order valence-electron chi connectivity index (χ1n) is 2.72. The van der Waals surface area contributed by atoms with Gasteiger partial charge in [0.1, 0.15) is 5.69 Å². The number of anilines is 1. The number of carbonyl (C=O) groups is 1. The first kappa shape index (κ1) is 9.94. The van der Waals surface area contributed by atoms with Crippen molar-refractivity contribution in [1.82, 2.24) is 4.98 Å². The van der Waals surface area contributed by atoms with Gasteiger partial charge >= 0.3 is 0 Å². The molecule has 0 atom stereocenters. The van der Waals surface area contributed by atoms with E-state index >= 15 is 0 Å². The van der Waals surface area contributed by atoms with E-state index in [1.807, 2.05) is 0 Å². The van der Waals surface area contributed by atoms with E-state index in [-0.39, 0.29) is 28.3 Å². The van der Waals surface area contributed by atoms with Gasteiger partial charge in [-0.15, -0.1) is 0 Å². The third-order valence-corrected chi connectivity index (χ3v) is 1.03. The molecule has 0 radical (unpaired) electrons. The predicted molar refractivity (Wildman–Crippen MR) is 36.7 cm³/mol. The number of pyridine rings is 1. The van der Waals surface area contributed by atoms with Crippen molar-refractivity contribution in [2.24, 2.45) is 0 Å². The van der Waals surface area contributed by atoms with E-state index in [1.165, 1.54) is 12.3 Å². The summed E-state index contributed by atoms with van der Waals surface area (Å²) >= 11 is 0. The van der Waals surface area contributed by atoms with Crippen LogP contribution in [0.15, 0.2) is 23.1 Å². The molecule has 1 heterocycles. The molecule has 1 aromatic rings. The second kappa shape index (κ2) is 4.71. The van der Waals surface area contributed by atoms with Crippen LogP contribution in [0.2, 0.25) is 0 Å². The maximum Gasteiger partial charge on any atom is 0.271 e. The summed E-state index contributed by atoms with van der Waals surface area (Å²) in [6, 6.07) is 3.15. The number of hydrogen-bond acceptors (Lipinski definition) is 2. The summed E-state index contributed by atoms with van der Waals surface area (Å²) in [7, 11) is 0. The molecule has 2 N–H and O–H groups in total. The van der Waals surface area contributed by atoms with Gasteiger partial charge in [-0.25, -0.2) is 0 Å². The Hall–Kier alpha value is -1.06. The average Bonchev–Trinajstić information content (AvgIpc) is 1.94. The van der Waals surface area contributed by atoms with Gasteiger partial charge in [0.05, 0.1) is 0 Å². The van der Waals surface area contributed by atoms with Crippen molar-refractivity contribution in [3.05, 3.63) is 28.7 Å². The van der Waals surface area contributed by atoms with E-state index in [2.05, 4.69) is 10.3 Å². The second-order valence-electron chi connectivity index (χ2n) is 1.68. The zero-order valence-electron chi connectivity index (χ0n) is 5.48. The summed E-state index contributed by atoms with van der Waals surface area (Å²) < 4.78 is 0. The standard InChI is InChI=1S/C6H6N2O2.Fe/c9-4-8-5-2-1-3-7-6(5)10;/h1-4H,(H,7,10)(H,8,9);. The molecule has 0 saturated carbocycles. The normalized spacial score (nSPS) is 8.00. The minimum Gasteiger partial charge on any atom is -0.327 e. The molecule has 60 valence electrons. The molecule has 4 nitrogen and oxygen atoms in total. The molecule has 0 unspecified atom stereocenters. The van der Waals surface area contributed by atoms with E-state index in [1.54, 1.807) is 6.07 Å². The van der Waals surface area contributed by atoms with Crippen LogP contribution in [0.5, 0.6) is 0 Å². The molecule has 1 rings (SSSR count). The van der Waals surface area contributed by atoms with Crippen molar-refractivity contribution >= 4 is 12.1 Å². The summed E-state index contributed by atoms with van der Waals surface area (Å²) in [5.74, 6) is 0. The van der Waals surface area contributed by atoms with Crippen molar-refractivity contribution in [3.63, 3.8) is 0 Å². The van der Waals surface area contributed by atoms with Crippen molar-refractivity contribution < 1.29 is 21.9 Å². The zero-order valence-corrected chi connectivity index (χ0v) is 6.58. The van der Waals surface area contributed by atoms with E-state index in [4.69, 9.17) is 0 Å². The number of carbonyl (C=O) groups excluding carboxylic acids is 1. The Labute approximate surface area is 73.5 Å². The molecule has 11 heavy (non-hydrogen) atoms. The van der Waals surface area contributed by atoms with Crippen LogP contribution in [-0.2, 0) is 21.9 Å². The maximum atomic E-state index is 10.7. The first-order valence-corrected chi connectivity index (χ1v) is 2.72. The van der Waals surface area contributed by atoms with Gasteiger partial charge in [0.2, 0.25) is 6.41 Å². The minimum atomic E-state index is -0.297. The number of H-pyrrole nitrogens is 1. The monoisotopic (exact) mass is 194 g/mol. The molecule has 0 aliphatic heterocycles. The fourth-order valence-corrected chi connectivity index (χ4v) is 0.599. The van der Waals surface area contributed by atoms with Crippen LogP contribution < -0.4 is 10.9 Å². The van der Waals surface area contributed by atoms with E-state index in [0.29, 0.717) is 6.41 Å². The Kier molecular flexibility index (Phi) is 4.25. The van der Waals surface area contributed by atoms with Crippen LogP contribution in [0.25, 0.3) is 0 Å². The van der Waals surface area contributed by atoms with Gasteiger partial charge in [-0.1, -0.05) is 0 Å². The summed E-state index contributed by atoms with van der Waals surface area (Å²) in [5, 5.41) is 2.25. The fourth-order valence-electron chi connectivity index (χ4n) is 0.599. The maximum absolute atomic E-state index is 10.7. The largest absolute Gasteiger partial charge is 0.327 e. The van der Waals surface area contributed by atoms with Gasteiger partial charge in [0.25, 0.3) is 5.56 Å². The van der Waals surface area contributed by atoms with Crippen molar-refractivity contribution in [1.29, 1.82) is 0 Å². The second-order valence-corrected chi connectivity index (χ2v) is 1.68. The van der Waals surface area contributed by atoms with Crippen LogP contribution >= 0.6 is 0 Å². The van der Waals surface area contributed by atoms with Crippen molar-refractivity contribution in [2.75, 3.05) is 5.32 Å². The molecule has 1 aromatic heterocycles. The van der Waals surface area contributed by atoms with Gasteiger partial charge in [-0.2, -0.15) is 0 Å². The molecule has 0 spiro atoms. The van der Waals surface area contributed by atoms with Crippen LogP contribution in [0, 0.1) is 0 Å². The Bertz CT molecular complexity index is 284. The fraction of sp³-hybridized carbons (Fsp3) is 0. The molecule has 1 amide bonds. The number of amides is 1. The van der Waals surface area contributed by atoms with Gasteiger partial charge in [-0.05, 0) is 12.1 Å². The Balaban J connectivity index is 0.000001000. The van der Waals surface area contributed by atoms with Crippen LogP contribution in [0.3, 0.4) is 0 Å². The first-order chi connectivity index (χ1) is 4.84. The SMILES string of the molecule is O=CNc1ccc[nH]c1=O.[Fe]. The number of aromatic nitrogens is 1. The average molecular weight is 194 g/mol. The number of aromatic amines is 1. The number of nitrogens with one attached hydrogen (secondary N) is 2. The molecule has 0 bridgehead atoms. The molecular formula is C6H6FeN2O2. The van der Waals surface area contributed by atoms with Gasteiger partial charge in [0.15, 0.2) is 0 Å². The Morgan fingerprint density at radius 2 is 2.27 bits per heavy atom. The summed E-state index contributed by atoms with van der Waals surface area (Å²) in [4.78, 5) is 23.0. The van der Waals surface area contributed by atoms with Crippen LogP contribution in [0.1, 0.15) is 0 Å². The Morgan fingerprint density at radius 1 is 1.55 bits per heavy atom. The predicted octanol–water partition coefficient (Wildman–Crippen LogP) is -0.0593. The summed E-state index contributed by atoms with van der Waals surface area (Å²) in [6.07, 6.45) is 1.96. The molecular weight excluding hydrogens is 188 g/mol. The third-order valence-electron chi connectivity index (χ3n) is 1.03. The molecule has 0 saturated heterocycles. The summed E-state index contributed by atoms with van der Waals surface area (Å²) in [6.45, 7) is 0. The summed E-state index contributed by atoms with van der Waals surface area (Å²) in [5.41, 5.74) is -0.0351. The molecule has 5 heteroatoms. The molecule has 0 aliphatic carbocycles. The molecule has 0 aliphatic rings. The molecule has 0 fully saturated rings. The van der Waals surface area contributed by atoms with E-state index in [9.17, 15) is 9.59 Å². The number of hydrogen-bond donors (Lipinski definition) is 2.